The molecule has 29 heavy (non-hydrogen) atoms. The number of methoxy groups -OCH3 is 1. The number of esters is 1. The number of carboxylic acid groups (broad SMARTS) is 1. The van der Waals surface area contributed by atoms with E-state index in [0.29, 0.717) is 32.2 Å². The van der Waals surface area contributed by atoms with E-state index in [1.54, 1.807) is 0 Å². The number of likely N-dealkylation sites (tertiary alicyclic amines) is 1. The third kappa shape index (κ3) is 4.12. The molecule has 3 aliphatic rings. The molecule has 1 saturated carbocycles. The van der Waals surface area contributed by atoms with E-state index in [9.17, 15) is 24.0 Å². The van der Waals surface area contributed by atoms with E-state index in [1.807, 2.05) is 0 Å². The second-order valence-electron chi connectivity index (χ2n) is 7.79. The minimum absolute atomic E-state index is 0.197. The van der Waals surface area contributed by atoms with Gasteiger partial charge in [-0.1, -0.05) is 12.8 Å². The van der Waals surface area contributed by atoms with Crippen LogP contribution in [0.15, 0.2) is 0 Å². The standard InChI is InChI=1S/C19H27N3O7/c1-29-19(28)14-7-4-10-20-22(14)18(27)13(8-9-15(23)24)21-16(25)11-5-2-3-6-12(11)17(21)26/h11-14,20H,2-10H2,1H3,(H,23,24)/t11?,12?,13-,14?/m0/s1. The third-order valence-electron chi connectivity index (χ3n) is 6.06. The van der Waals surface area contributed by atoms with Crippen LogP contribution in [0, 0.1) is 11.8 Å². The molecule has 0 bridgehead atoms. The van der Waals surface area contributed by atoms with Crippen LogP contribution in [0.2, 0.25) is 0 Å². The van der Waals surface area contributed by atoms with Crippen LogP contribution in [-0.4, -0.2) is 70.4 Å². The number of hydrazine groups is 1. The van der Waals surface area contributed by atoms with E-state index >= 15 is 0 Å². The summed E-state index contributed by atoms with van der Waals surface area (Å²) in [5, 5.41) is 10.2. The highest BCUT2D eigenvalue weighted by atomic mass is 16.5. The zero-order valence-corrected chi connectivity index (χ0v) is 16.5. The largest absolute Gasteiger partial charge is 0.481 e. The Hall–Kier alpha value is -2.49. The number of ether oxygens (including phenoxy) is 1. The number of aliphatic carboxylic acids is 1. The van der Waals surface area contributed by atoms with Crippen LogP contribution in [0.25, 0.3) is 0 Å². The summed E-state index contributed by atoms with van der Waals surface area (Å²) in [5.74, 6) is -4.08. The van der Waals surface area contributed by atoms with Crippen molar-refractivity contribution in [3.63, 3.8) is 0 Å². The van der Waals surface area contributed by atoms with E-state index in [0.717, 1.165) is 22.8 Å². The number of amides is 3. The first-order valence-electron chi connectivity index (χ1n) is 10.1. The second-order valence-corrected chi connectivity index (χ2v) is 7.79. The lowest BCUT2D eigenvalue weighted by Gasteiger charge is -2.38. The highest BCUT2D eigenvalue weighted by Crippen LogP contribution is 2.39. The predicted octanol–water partition coefficient (Wildman–Crippen LogP) is 0.0636. The van der Waals surface area contributed by atoms with Crippen LogP contribution in [0.3, 0.4) is 0 Å². The Morgan fingerprint density at radius 3 is 2.28 bits per heavy atom. The summed E-state index contributed by atoms with van der Waals surface area (Å²) >= 11 is 0. The summed E-state index contributed by atoms with van der Waals surface area (Å²) in [6, 6.07) is -2.14. The minimum Gasteiger partial charge on any atom is -0.481 e. The molecule has 0 aromatic heterocycles. The first-order chi connectivity index (χ1) is 13.9. The van der Waals surface area contributed by atoms with Gasteiger partial charge in [0.15, 0.2) is 0 Å². The molecule has 0 radical (unpaired) electrons. The second kappa shape index (κ2) is 8.89. The van der Waals surface area contributed by atoms with E-state index < -0.39 is 53.6 Å². The van der Waals surface area contributed by atoms with Crippen LogP contribution in [0.1, 0.15) is 51.4 Å². The van der Waals surface area contributed by atoms with Gasteiger partial charge < -0.3 is 9.84 Å². The zero-order chi connectivity index (χ0) is 21.1. The van der Waals surface area contributed by atoms with Gasteiger partial charge in [-0.15, -0.1) is 0 Å². The molecule has 0 aromatic carbocycles. The molecule has 3 amide bonds. The van der Waals surface area contributed by atoms with Gasteiger partial charge in [-0.25, -0.2) is 10.2 Å². The molecule has 3 unspecified atom stereocenters. The smallest absolute Gasteiger partial charge is 0.330 e. The summed E-state index contributed by atoms with van der Waals surface area (Å²) < 4.78 is 4.78. The van der Waals surface area contributed by atoms with Gasteiger partial charge >= 0.3 is 11.9 Å². The summed E-state index contributed by atoms with van der Waals surface area (Å²) in [6.07, 6.45) is 3.34. The Labute approximate surface area is 168 Å². The number of fused-ring (bicyclic) bond motifs is 1. The lowest BCUT2D eigenvalue weighted by molar-refractivity contribution is -0.163. The van der Waals surface area contributed by atoms with Crippen molar-refractivity contribution in [2.75, 3.05) is 13.7 Å². The Morgan fingerprint density at radius 1 is 1.10 bits per heavy atom. The topological polar surface area (TPSA) is 133 Å². The number of imide groups is 1. The summed E-state index contributed by atoms with van der Waals surface area (Å²) in [5.41, 5.74) is 2.85. The number of hydrogen-bond donors (Lipinski definition) is 2. The van der Waals surface area contributed by atoms with Gasteiger partial charge in [-0.3, -0.25) is 29.1 Å². The van der Waals surface area contributed by atoms with Crippen LogP contribution in [0.4, 0.5) is 0 Å². The van der Waals surface area contributed by atoms with Gasteiger partial charge in [-0.05, 0) is 32.1 Å². The van der Waals surface area contributed by atoms with E-state index in [2.05, 4.69) is 5.43 Å². The van der Waals surface area contributed by atoms with Crippen molar-refractivity contribution in [2.24, 2.45) is 11.8 Å². The van der Waals surface area contributed by atoms with Gasteiger partial charge in [-0.2, -0.15) is 0 Å². The number of carbonyl (C=O) groups is 5. The Balaban J connectivity index is 1.89. The monoisotopic (exact) mass is 409 g/mol. The SMILES string of the molecule is COC(=O)C1CCCNN1C(=O)[C@H](CCC(=O)O)N1C(=O)C2CCCCC2C1=O. The lowest BCUT2D eigenvalue weighted by atomic mass is 9.81. The van der Waals surface area contributed by atoms with Crippen molar-refractivity contribution in [1.29, 1.82) is 0 Å². The Morgan fingerprint density at radius 2 is 1.72 bits per heavy atom. The molecule has 0 spiro atoms. The van der Waals surface area contributed by atoms with Crippen molar-refractivity contribution >= 4 is 29.7 Å². The first kappa shape index (κ1) is 21.2. The molecule has 2 heterocycles. The number of carbonyl (C=O) groups excluding carboxylic acids is 4. The van der Waals surface area contributed by atoms with Crippen molar-refractivity contribution in [2.45, 2.75) is 63.5 Å². The number of nitrogens with one attached hydrogen (secondary N) is 1. The quantitative estimate of drug-likeness (QED) is 0.465. The lowest BCUT2D eigenvalue weighted by Crippen LogP contribution is -2.62. The fourth-order valence-electron chi connectivity index (χ4n) is 4.60. The molecule has 2 saturated heterocycles. The number of rotatable bonds is 6. The van der Waals surface area contributed by atoms with E-state index in [1.165, 1.54) is 7.11 Å². The minimum atomic E-state index is -1.26. The van der Waals surface area contributed by atoms with Gasteiger partial charge in [0.25, 0.3) is 5.91 Å². The molecule has 2 aliphatic heterocycles. The van der Waals surface area contributed by atoms with Gasteiger partial charge in [0.1, 0.15) is 12.1 Å². The number of nitrogens with zero attached hydrogens (tertiary/aromatic N) is 2. The van der Waals surface area contributed by atoms with Gasteiger partial charge in [0, 0.05) is 13.0 Å². The highest BCUT2D eigenvalue weighted by Gasteiger charge is 2.53. The maximum absolute atomic E-state index is 13.3. The van der Waals surface area contributed by atoms with Crippen molar-refractivity contribution in [1.82, 2.24) is 15.3 Å². The predicted molar refractivity (Wildman–Crippen MR) is 97.8 cm³/mol. The Kier molecular flexibility index (Phi) is 6.51. The molecule has 10 heteroatoms. The molecule has 2 N–H and O–H groups in total. The number of hydrogen-bond acceptors (Lipinski definition) is 7. The van der Waals surface area contributed by atoms with Crippen LogP contribution in [0.5, 0.6) is 0 Å². The Bertz CT molecular complexity index is 686. The fourth-order valence-corrected chi connectivity index (χ4v) is 4.60. The van der Waals surface area contributed by atoms with E-state index in [-0.39, 0.29) is 12.8 Å². The normalized spacial score (nSPS) is 28.1. The molecule has 0 aromatic rings. The van der Waals surface area contributed by atoms with Crippen LogP contribution >= 0.6 is 0 Å². The summed E-state index contributed by atoms with van der Waals surface area (Å²) in [7, 11) is 1.22. The van der Waals surface area contributed by atoms with Crippen LogP contribution < -0.4 is 5.43 Å². The third-order valence-corrected chi connectivity index (χ3v) is 6.06. The molecule has 160 valence electrons. The average Bonchev–Trinajstić information content (AvgIpc) is 2.98. The van der Waals surface area contributed by atoms with Gasteiger partial charge in [0.05, 0.1) is 18.9 Å². The molecule has 3 fully saturated rings. The van der Waals surface area contributed by atoms with E-state index in [4.69, 9.17) is 9.84 Å². The van der Waals surface area contributed by atoms with Crippen molar-refractivity contribution in [3.05, 3.63) is 0 Å². The fraction of sp³-hybridized carbons (Fsp3) is 0.737. The molecular weight excluding hydrogens is 382 g/mol. The molecule has 3 rings (SSSR count). The molecular formula is C19H27N3O7. The van der Waals surface area contributed by atoms with Gasteiger partial charge in [0.2, 0.25) is 11.8 Å². The zero-order valence-electron chi connectivity index (χ0n) is 16.5. The molecule has 1 aliphatic carbocycles. The molecule has 10 nitrogen and oxygen atoms in total. The van der Waals surface area contributed by atoms with Crippen molar-refractivity contribution < 1.29 is 33.8 Å². The first-order valence-corrected chi connectivity index (χ1v) is 10.1. The molecule has 4 atom stereocenters. The average molecular weight is 409 g/mol. The van der Waals surface area contributed by atoms with Crippen LogP contribution in [-0.2, 0) is 28.7 Å². The van der Waals surface area contributed by atoms with Crippen molar-refractivity contribution in [3.8, 4) is 0 Å². The maximum Gasteiger partial charge on any atom is 0.330 e. The summed E-state index contributed by atoms with van der Waals surface area (Å²) in [4.78, 5) is 63.5. The summed E-state index contributed by atoms with van der Waals surface area (Å²) in [6.45, 7) is 0.442. The number of carboxylic acids is 1. The highest BCUT2D eigenvalue weighted by molar-refractivity contribution is 6.08. The maximum atomic E-state index is 13.3.